The Labute approximate surface area is 155 Å². The van der Waals surface area contributed by atoms with Gasteiger partial charge in [0.15, 0.2) is 0 Å². The molecule has 0 fully saturated rings. The maximum Gasteiger partial charge on any atom is 0.313 e. The van der Waals surface area contributed by atoms with Gasteiger partial charge >= 0.3 is 5.97 Å². The number of esters is 1. The standard InChI is InChI=1S/C20H31NO5/c1-2-3-4-5-6-7-8-9-10-11-18(22)16-20(23)26-19-14-12-17(13-15-19)21(24)25/h12-15,18,22H,2-11,16H2,1H3/t18-/m0/s1. The van der Waals surface area contributed by atoms with Crippen molar-refractivity contribution in [1.29, 1.82) is 0 Å². The van der Waals surface area contributed by atoms with Crippen LogP contribution in [0.15, 0.2) is 24.3 Å². The topological polar surface area (TPSA) is 89.7 Å². The molecular weight excluding hydrogens is 334 g/mol. The number of nitrogens with zero attached hydrogens (tertiary/aromatic N) is 1. The quantitative estimate of drug-likeness (QED) is 0.161. The molecule has 0 bridgehead atoms. The number of hydrogen-bond acceptors (Lipinski definition) is 5. The molecule has 6 nitrogen and oxygen atoms in total. The van der Waals surface area contributed by atoms with Gasteiger partial charge in [0, 0.05) is 12.1 Å². The molecule has 26 heavy (non-hydrogen) atoms. The van der Waals surface area contributed by atoms with Crippen molar-refractivity contribution in [3.63, 3.8) is 0 Å². The van der Waals surface area contributed by atoms with E-state index in [-0.39, 0.29) is 17.9 Å². The number of non-ortho nitro benzene ring substituents is 1. The van der Waals surface area contributed by atoms with Crippen molar-refractivity contribution in [1.82, 2.24) is 0 Å². The molecule has 0 radical (unpaired) electrons. The summed E-state index contributed by atoms with van der Waals surface area (Å²) in [5.74, 6) is -0.279. The second-order valence-corrected chi connectivity index (χ2v) is 6.70. The lowest BCUT2D eigenvalue weighted by atomic mass is 10.0. The van der Waals surface area contributed by atoms with E-state index in [4.69, 9.17) is 4.74 Å². The second kappa shape index (κ2) is 13.3. The van der Waals surface area contributed by atoms with Crippen LogP contribution in [0.2, 0.25) is 0 Å². The van der Waals surface area contributed by atoms with E-state index in [2.05, 4.69) is 6.92 Å². The normalized spacial score (nSPS) is 11.9. The third-order valence-corrected chi connectivity index (χ3v) is 4.32. The number of rotatable bonds is 14. The molecule has 1 aromatic carbocycles. The molecule has 1 atom stereocenters. The SMILES string of the molecule is CCCCCCCCCCC[C@H](O)CC(=O)Oc1ccc([N+](=O)[O-])cc1. The van der Waals surface area contributed by atoms with Crippen molar-refractivity contribution in [3.05, 3.63) is 34.4 Å². The number of carbonyl (C=O) groups is 1. The first-order valence-corrected chi connectivity index (χ1v) is 9.66. The van der Waals surface area contributed by atoms with Crippen molar-refractivity contribution >= 4 is 11.7 Å². The van der Waals surface area contributed by atoms with Crippen LogP contribution in [0.4, 0.5) is 5.69 Å². The van der Waals surface area contributed by atoms with Crippen LogP contribution < -0.4 is 4.74 Å². The summed E-state index contributed by atoms with van der Waals surface area (Å²) in [6.07, 6.45) is 10.7. The number of unbranched alkanes of at least 4 members (excludes halogenated alkanes) is 8. The minimum absolute atomic E-state index is 0.0600. The third-order valence-electron chi connectivity index (χ3n) is 4.32. The van der Waals surface area contributed by atoms with E-state index in [0.717, 1.165) is 12.8 Å². The minimum Gasteiger partial charge on any atom is -0.426 e. The van der Waals surface area contributed by atoms with Crippen LogP contribution in [-0.4, -0.2) is 22.1 Å². The van der Waals surface area contributed by atoms with E-state index in [1.54, 1.807) is 0 Å². The Kier molecular flexibility index (Phi) is 11.3. The smallest absolute Gasteiger partial charge is 0.313 e. The lowest BCUT2D eigenvalue weighted by Crippen LogP contribution is -2.17. The highest BCUT2D eigenvalue weighted by molar-refractivity contribution is 5.72. The first-order chi connectivity index (χ1) is 12.5. The van der Waals surface area contributed by atoms with Gasteiger partial charge in [-0.1, -0.05) is 64.7 Å². The largest absolute Gasteiger partial charge is 0.426 e. The summed E-state index contributed by atoms with van der Waals surface area (Å²) in [7, 11) is 0. The van der Waals surface area contributed by atoms with Crippen LogP contribution in [0.5, 0.6) is 5.75 Å². The number of nitro benzene ring substituents is 1. The summed E-state index contributed by atoms with van der Waals surface area (Å²) in [6.45, 7) is 2.22. The molecule has 0 aromatic heterocycles. The maximum absolute atomic E-state index is 11.8. The lowest BCUT2D eigenvalue weighted by molar-refractivity contribution is -0.384. The molecule has 0 aliphatic carbocycles. The Morgan fingerprint density at radius 3 is 2.12 bits per heavy atom. The molecule has 0 spiro atoms. The highest BCUT2D eigenvalue weighted by Crippen LogP contribution is 2.18. The molecule has 0 unspecified atom stereocenters. The molecule has 0 aliphatic heterocycles. The minimum atomic E-state index is -0.704. The fourth-order valence-corrected chi connectivity index (χ4v) is 2.79. The molecule has 0 amide bonds. The van der Waals surface area contributed by atoms with Crippen LogP contribution >= 0.6 is 0 Å². The number of ether oxygens (including phenoxy) is 1. The maximum atomic E-state index is 11.8. The Morgan fingerprint density at radius 2 is 1.58 bits per heavy atom. The zero-order valence-corrected chi connectivity index (χ0v) is 15.7. The van der Waals surface area contributed by atoms with E-state index in [1.807, 2.05) is 0 Å². The van der Waals surface area contributed by atoms with Crippen molar-refractivity contribution in [3.8, 4) is 5.75 Å². The number of nitro groups is 1. The van der Waals surface area contributed by atoms with E-state index >= 15 is 0 Å². The van der Waals surface area contributed by atoms with Gasteiger partial charge in [0.1, 0.15) is 5.75 Å². The van der Waals surface area contributed by atoms with Crippen LogP contribution in [0.3, 0.4) is 0 Å². The van der Waals surface area contributed by atoms with Crippen molar-refractivity contribution in [2.75, 3.05) is 0 Å². The molecule has 6 heteroatoms. The molecule has 0 heterocycles. The Hall–Kier alpha value is -1.95. The first-order valence-electron chi connectivity index (χ1n) is 9.66. The summed E-state index contributed by atoms with van der Waals surface area (Å²) in [4.78, 5) is 21.8. The van der Waals surface area contributed by atoms with Gasteiger partial charge in [0.2, 0.25) is 0 Å². The van der Waals surface area contributed by atoms with Gasteiger partial charge in [0.25, 0.3) is 5.69 Å². The molecular formula is C20H31NO5. The fourth-order valence-electron chi connectivity index (χ4n) is 2.79. The fraction of sp³-hybridized carbons (Fsp3) is 0.650. The average molecular weight is 365 g/mol. The summed E-state index contributed by atoms with van der Waals surface area (Å²) in [5, 5.41) is 20.5. The third kappa shape index (κ3) is 10.1. The number of carbonyl (C=O) groups excluding carboxylic acids is 1. The molecule has 146 valence electrons. The Balaban J connectivity index is 2.10. The monoisotopic (exact) mass is 365 g/mol. The van der Waals surface area contributed by atoms with Crippen LogP contribution in [0.1, 0.15) is 77.6 Å². The summed E-state index contributed by atoms with van der Waals surface area (Å²) < 4.78 is 5.09. The summed E-state index contributed by atoms with van der Waals surface area (Å²) in [6, 6.07) is 5.31. The van der Waals surface area contributed by atoms with Crippen LogP contribution in [0.25, 0.3) is 0 Å². The van der Waals surface area contributed by atoms with Crippen LogP contribution in [0, 0.1) is 10.1 Å². The van der Waals surface area contributed by atoms with Gasteiger partial charge in [-0.2, -0.15) is 0 Å². The molecule has 1 aromatic rings. The van der Waals surface area contributed by atoms with Gasteiger partial charge in [-0.15, -0.1) is 0 Å². The first kappa shape index (κ1) is 22.1. The van der Waals surface area contributed by atoms with Gasteiger partial charge in [-0.25, -0.2) is 0 Å². The average Bonchev–Trinajstić information content (AvgIpc) is 2.60. The number of aliphatic hydroxyl groups is 1. The molecule has 1 N–H and O–H groups in total. The molecule has 0 saturated carbocycles. The van der Waals surface area contributed by atoms with E-state index in [0.29, 0.717) is 6.42 Å². The van der Waals surface area contributed by atoms with Gasteiger partial charge < -0.3 is 9.84 Å². The zero-order valence-electron chi connectivity index (χ0n) is 15.7. The van der Waals surface area contributed by atoms with E-state index in [1.165, 1.54) is 69.2 Å². The number of hydrogen-bond donors (Lipinski definition) is 1. The summed E-state index contributed by atoms with van der Waals surface area (Å²) >= 11 is 0. The van der Waals surface area contributed by atoms with Crippen molar-refractivity contribution < 1.29 is 19.6 Å². The lowest BCUT2D eigenvalue weighted by Gasteiger charge is -2.10. The van der Waals surface area contributed by atoms with Gasteiger partial charge in [0.05, 0.1) is 17.4 Å². The molecule has 0 saturated heterocycles. The van der Waals surface area contributed by atoms with Gasteiger partial charge in [-0.05, 0) is 18.6 Å². The summed E-state index contributed by atoms with van der Waals surface area (Å²) in [5.41, 5.74) is -0.0600. The Bertz CT molecular complexity index is 530. The van der Waals surface area contributed by atoms with Crippen molar-refractivity contribution in [2.45, 2.75) is 83.7 Å². The zero-order chi connectivity index (χ0) is 19.2. The van der Waals surface area contributed by atoms with E-state index < -0.39 is 17.0 Å². The van der Waals surface area contributed by atoms with Gasteiger partial charge in [-0.3, -0.25) is 14.9 Å². The molecule has 0 aliphatic rings. The van der Waals surface area contributed by atoms with E-state index in [9.17, 15) is 20.0 Å². The highest BCUT2D eigenvalue weighted by Gasteiger charge is 2.13. The number of aliphatic hydroxyl groups excluding tert-OH is 1. The molecule has 1 rings (SSSR count). The Morgan fingerprint density at radius 1 is 1.04 bits per heavy atom. The van der Waals surface area contributed by atoms with Crippen LogP contribution in [-0.2, 0) is 4.79 Å². The highest BCUT2D eigenvalue weighted by atomic mass is 16.6. The second-order valence-electron chi connectivity index (χ2n) is 6.70. The number of benzene rings is 1. The predicted octanol–water partition coefficient (Wildman–Crippen LogP) is 5.17. The predicted molar refractivity (Wildman–Crippen MR) is 101 cm³/mol. The van der Waals surface area contributed by atoms with Crippen molar-refractivity contribution in [2.24, 2.45) is 0 Å².